The van der Waals surface area contributed by atoms with Gasteiger partial charge in [0.25, 0.3) is 0 Å². The maximum absolute atomic E-state index is 13.2. The minimum absolute atomic E-state index is 0.0677. The number of fused-ring (bicyclic) bond motifs is 1. The van der Waals surface area contributed by atoms with E-state index in [0.717, 1.165) is 18.6 Å². The van der Waals surface area contributed by atoms with Gasteiger partial charge in [0, 0.05) is 18.6 Å². The van der Waals surface area contributed by atoms with Crippen molar-refractivity contribution < 1.29 is 27.4 Å². The number of rotatable bonds is 5. The normalized spacial score (nSPS) is 13.4. The summed E-state index contributed by atoms with van der Waals surface area (Å²) in [6.07, 6.45) is -1.30. The fourth-order valence-corrected chi connectivity index (χ4v) is 3.25. The van der Waals surface area contributed by atoms with Crippen molar-refractivity contribution in [3.63, 3.8) is 0 Å². The fraction of sp³-hybridized carbons (Fsp3) is 0.250. The van der Waals surface area contributed by atoms with Crippen LogP contribution in [0.1, 0.15) is 12.0 Å². The Labute approximate surface area is 185 Å². The molecule has 0 fully saturated rings. The van der Waals surface area contributed by atoms with Crippen molar-refractivity contribution in [2.24, 2.45) is 0 Å². The number of hydrogen-bond acceptors (Lipinski definition) is 6. The summed E-state index contributed by atoms with van der Waals surface area (Å²) in [6, 6.07) is 6.15. The molecule has 1 aliphatic rings. The molecule has 12 heteroatoms. The molecule has 0 saturated heterocycles. The number of nitrogens with one attached hydrogen (secondary N) is 2. The van der Waals surface area contributed by atoms with Crippen molar-refractivity contribution >= 4 is 28.9 Å². The van der Waals surface area contributed by atoms with Gasteiger partial charge in [-0.15, -0.1) is 0 Å². The van der Waals surface area contributed by atoms with Gasteiger partial charge in [-0.05, 0) is 18.2 Å². The van der Waals surface area contributed by atoms with Crippen LogP contribution in [0.15, 0.2) is 43.0 Å². The van der Waals surface area contributed by atoms with Gasteiger partial charge in [0.15, 0.2) is 11.5 Å². The largest absolute Gasteiger partial charge is 0.490 e. The molecule has 3 aromatic rings. The zero-order chi connectivity index (χ0) is 22.7. The Morgan fingerprint density at radius 1 is 1.12 bits per heavy atom. The third-order valence-electron chi connectivity index (χ3n) is 4.54. The van der Waals surface area contributed by atoms with Gasteiger partial charge in [-0.2, -0.15) is 18.3 Å². The Balaban J connectivity index is 1.51. The van der Waals surface area contributed by atoms with E-state index in [0.29, 0.717) is 35.4 Å². The minimum atomic E-state index is -4.57. The number of carbonyl (C=O) groups excluding carboxylic acids is 1. The number of hydrogen-bond donors (Lipinski definition) is 2. The number of halogens is 4. The number of alkyl halides is 3. The minimum Gasteiger partial charge on any atom is -0.490 e. The number of nitrogens with zero attached hydrogens (tertiary/aromatic N) is 3. The Kier molecular flexibility index (Phi) is 6.08. The number of anilines is 2. The van der Waals surface area contributed by atoms with Crippen LogP contribution in [0, 0.1) is 0 Å². The Morgan fingerprint density at radius 2 is 1.88 bits per heavy atom. The van der Waals surface area contributed by atoms with Gasteiger partial charge in [-0.3, -0.25) is 4.79 Å². The van der Waals surface area contributed by atoms with Gasteiger partial charge < -0.3 is 20.1 Å². The van der Waals surface area contributed by atoms with Gasteiger partial charge in [0.05, 0.1) is 47.4 Å². The highest BCUT2D eigenvalue weighted by Crippen LogP contribution is 2.38. The van der Waals surface area contributed by atoms with Crippen LogP contribution in [-0.4, -0.2) is 40.4 Å². The van der Waals surface area contributed by atoms with Crippen molar-refractivity contribution in [2.45, 2.75) is 12.6 Å². The maximum atomic E-state index is 13.2. The number of amides is 1. The van der Waals surface area contributed by atoms with Crippen LogP contribution < -0.4 is 20.1 Å². The van der Waals surface area contributed by atoms with Crippen LogP contribution in [0.3, 0.4) is 0 Å². The van der Waals surface area contributed by atoms with E-state index in [4.69, 9.17) is 21.1 Å². The fourth-order valence-electron chi connectivity index (χ4n) is 3.03. The summed E-state index contributed by atoms with van der Waals surface area (Å²) in [5.41, 5.74) is -0.318. The third-order valence-corrected chi connectivity index (χ3v) is 4.85. The molecule has 1 aliphatic heterocycles. The van der Waals surface area contributed by atoms with Crippen LogP contribution in [0.4, 0.5) is 24.5 Å². The van der Waals surface area contributed by atoms with Gasteiger partial charge in [-0.25, -0.2) is 9.67 Å². The molecular weight excluding hydrogens is 451 g/mol. The molecule has 0 aliphatic carbocycles. The van der Waals surface area contributed by atoms with Gasteiger partial charge in [0.1, 0.15) is 12.7 Å². The highest BCUT2D eigenvalue weighted by molar-refractivity contribution is 6.33. The van der Waals surface area contributed by atoms with Crippen molar-refractivity contribution in [2.75, 3.05) is 30.4 Å². The van der Waals surface area contributed by atoms with Crippen LogP contribution in [0.2, 0.25) is 5.02 Å². The lowest BCUT2D eigenvalue weighted by Gasteiger charge is -2.16. The summed E-state index contributed by atoms with van der Waals surface area (Å²) in [6.45, 7) is 0.727. The van der Waals surface area contributed by atoms with Crippen molar-refractivity contribution in [1.29, 1.82) is 0 Å². The number of benzene rings is 2. The van der Waals surface area contributed by atoms with Crippen molar-refractivity contribution in [3.8, 4) is 17.2 Å². The first-order valence-corrected chi connectivity index (χ1v) is 9.88. The van der Waals surface area contributed by atoms with Crippen LogP contribution in [0.5, 0.6) is 11.5 Å². The molecule has 0 atom stereocenters. The highest BCUT2D eigenvalue weighted by Gasteiger charge is 2.31. The molecule has 0 unspecified atom stereocenters. The highest BCUT2D eigenvalue weighted by atomic mass is 35.5. The topological polar surface area (TPSA) is 90.3 Å². The lowest BCUT2D eigenvalue weighted by atomic mass is 10.1. The van der Waals surface area contributed by atoms with E-state index in [1.807, 2.05) is 0 Å². The van der Waals surface area contributed by atoms with Gasteiger partial charge in [0.2, 0.25) is 5.91 Å². The van der Waals surface area contributed by atoms with Gasteiger partial charge in [-0.1, -0.05) is 11.6 Å². The van der Waals surface area contributed by atoms with Crippen LogP contribution in [-0.2, 0) is 11.0 Å². The third kappa shape index (κ3) is 4.88. The predicted molar refractivity (Wildman–Crippen MR) is 111 cm³/mol. The number of ether oxygens (including phenoxy) is 2. The maximum Gasteiger partial charge on any atom is 0.416 e. The van der Waals surface area contributed by atoms with E-state index in [1.165, 1.54) is 23.4 Å². The van der Waals surface area contributed by atoms with E-state index in [9.17, 15) is 18.0 Å². The van der Waals surface area contributed by atoms with Crippen LogP contribution in [0.25, 0.3) is 5.69 Å². The lowest BCUT2D eigenvalue weighted by Crippen LogP contribution is -2.23. The van der Waals surface area contributed by atoms with E-state index < -0.39 is 17.6 Å². The molecule has 168 valence electrons. The molecule has 0 spiro atoms. The zero-order valence-corrected chi connectivity index (χ0v) is 17.2. The summed E-state index contributed by atoms with van der Waals surface area (Å²) in [5.74, 6) is 0.402. The van der Waals surface area contributed by atoms with Crippen molar-refractivity contribution in [1.82, 2.24) is 14.8 Å². The number of carbonyl (C=O) groups is 1. The first kappa shape index (κ1) is 21.8. The monoisotopic (exact) mass is 467 g/mol. The van der Waals surface area contributed by atoms with E-state index in [1.54, 1.807) is 12.1 Å². The predicted octanol–water partition coefficient (Wildman–Crippen LogP) is 4.15. The summed E-state index contributed by atoms with van der Waals surface area (Å²) >= 11 is 6.25. The van der Waals surface area contributed by atoms with E-state index in [2.05, 4.69) is 20.7 Å². The summed E-state index contributed by atoms with van der Waals surface area (Å²) in [4.78, 5) is 16.3. The van der Waals surface area contributed by atoms with Crippen LogP contribution >= 0.6 is 11.6 Å². The molecule has 32 heavy (non-hydrogen) atoms. The average Bonchev–Trinajstić information content (AvgIpc) is 3.18. The smallest absolute Gasteiger partial charge is 0.416 e. The molecule has 0 radical (unpaired) electrons. The van der Waals surface area contributed by atoms with E-state index >= 15 is 0 Å². The standard InChI is InChI=1S/C20H17ClF3N5O3/c21-13-7-17-18(32-5-1-4-31-17)8-14(13)26-9-19(30)28-15-6-12(20(22,23)24)2-3-16(15)29-11-25-10-27-29/h2-3,6-8,10-11,26H,1,4-5,9H2,(H,28,30). The molecule has 0 bridgehead atoms. The second-order valence-electron chi connectivity index (χ2n) is 6.80. The Hall–Kier alpha value is -3.47. The molecule has 2 aromatic carbocycles. The molecule has 1 aromatic heterocycles. The summed E-state index contributed by atoms with van der Waals surface area (Å²) in [7, 11) is 0. The molecule has 0 saturated carbocycles. The molecule has 8 nitrogen and oxygen atoms in total. The number of aromatic nitrogens is 3. The summed E-state index contributed by atoms with van der Waals surface area (Å²) in [5, 5.41) is 9.57. The Morgan fingerprint density at radius 3 is 2.56 bits per heavy atom. The quantitative estimate of drug-likeness (QED) is 0.586. The first-order chi connectivity index (χ1) is 15.3. The molecule has 4 rings (SSSR count). The Bertz CT molecular complexity index is 1120. The van der Waals surface area contributed by atoms with Crippen molar-refractivity contribution in [3.05, 3.63) is 53.6 Å². The molecular formula is C20H17ClF3N5O3. The zero-order valence-electron chi connectivity index (χ0n) is 16.4. The second-order valence-corrected chi connectivity index (χ2v) is 7.21. The second kappa shape index (κ2) is 8.95. The SMILES string of the molecule is O=C(CNc1cc2c(cc1Cl)OCCCO2)Nc1cc(C(F)(F)F)ccc1-n1cncn1. The molecule has 1 amide bonds. The first-order valence-electron chi connectivity index (χ1n) is 9.50. The van der Waals surface area contributed by atoms with Gasteiger partial charge >= 0.3 is 6.18 Å². The lowest BCUT2D eigenvalue weighted by molar-refractivity contribution is -0.137. The summed E-state index contributed by atoms with van der Waals surface area (Å²) < 4.78 is 51.9. The molecule has 2 heterocycles. The molecule has 2 N–H and O–H groups in total. The van der Waals surface area contributed by atoms with E-state index in [-0.39, 0.29) is 17.9 Å². The average molecular weight is 468 g/mol.